The molecule has 1 N–H and O–H groups in total. The predicted molar refractivity (Wildman–Crippen MR) is 129 cm³/mol. The topological polar surface area (TPSA) is 12.0 Å². The Morgan fingerprint density at radius 1 is 0.690 bits per heavy atom. The van der Waals surface area contributed by atoms with Gasteiger partial charge in [-0.2, -0.15) is 0 Å². The van der Waals surface area contributed by atoms with Gasteiger partial charge in [-0.25, -0.2) is 0 Å². The average Bonchev–Trinajstić information content (AvgIpc) is 2.74. The molecule has 0 radical (unpaired) electrons. The monoisotopic (exact) mass is 387 g/mol. The molecule has 0 aliphatic carbocycles. The van der Waals surface area contributed by atoms with Crippen LogP contribution in [-0.4, -0.2) is 0 Å². The predicted octanol–water partition coefficient (Wildman–Crippen LogP) is 9.00. The third kappa shape index (κ3) is 6.10. The second-order valence-electron chi connectivity index (χ2n) is 8.98. The molecule has 0 aliphatic rings. The van der Waals surface area contributed by atoms with Gasteiger partial charge < -0.3 is 5.32 Å². The molecular weight excluding hydrogens is 350 g/mol. The van der Waals surface area contributed by atoms with Crippen LogP contribution >= 0.6 is 0 Å². The highest BCUT2D eigenvalue weighted by Crippen LogP contribution is 2.32. The molecule has 29 heavy (non-hydrogen) atoms. The van der Waals surface area contributed by atoms with Crippen LogP contribution < -0.4 is 5.32 Å². The van der Waals surface area contributed by atoms with Crippen molar-refractivity contribution in [1.82, 2.24) is 0 Å². The molecule has 0 aliphatic heterocycles. The Morgan fingerprint density at radius 2 is 1.34 bits per heavy atom. The van der Waals surface area contributed by atoms with E-state index in [9.17, 15) is 0 Å². The Balaban J connectivity index is 1.56. The first-order chi connectivity index (χ1) is 14.1. The number of hydrogen-bond donors (Lipinski definition) is 1. The van der Waals surface area contributed by atoms with E-state index >= 15 is 0 Å². The van der Waals surface area contributed by atoms with Crippen molar-refractivity contribution in [2.75, 3.05) is 5.32 Å². The number of hydrogen-bond acceptors (Lipinski definition) is 1. The fourth-order valence-electron chi connectivity index (χ4n) is 4.16. The summed E-state index contributed by atoms with van der Waals surface area (Å²) in [4.78, 5) is 0. The lowest BCUT2D eigenvalue weighted by atomic mass is 9.80. The van der Waals surface area contributed by atoms with Crippen molar-refractivity contribution in [1.29, 1.82) is 0 Å². The summed E-state index contributed by atoms with van der Waals surface area (Å²) in [5, 5.41) is 6.13. The number of unbranched alkanes of at least 4 members (excludes halogenated alkanes) is 6. The lowest BCUT2D eigenvalue weighted by Gasteiger charge is -2.25. The normalized spacial score (nSPS) is 11.7. The molecule has 0 fully saturated rings. The molecule has 0 heterocycles. The summed E-state index contributed by atoms with van der Waals surface area (Å²) in [6.45, 7) is 7.06. The van der Waals surface area contributed by atoms with E-state index in [1.165, 1.54) is 67.7 Å². The van der Waals surface area contributed by atoms with Gasteiger partial charge in [-0.15, -0.1) is 0 Å². The van der Waals surface area contributed by atoms with Gasteiger partial charge in [-0.05, 0) is 41.0 Å². The second kappa shape index (κ2) is 10.5. The van der Waals surface area contributed by atoms with Gasteiger partial charge in [0.2, 0.25) is 0 Å². The maximum Gasteiger partial charge on any atom is 0.0463 e. The summed E-state index contributed by atoms with van der Waals surface area (Å²) in [6.07, 6.45) is 10.9. The van der Waals surface area contributed by atoms with Crippen molar-refractivity contribution in [2.45, 2.75) is 77.6 Å². The first-order valence-electron chi connectivity index (χ1n) is 11.5. The van der Waals surface area contributed by atoms with Crippen molar-refractivity contribution in [3.63, 3.8) is 0 Å². The summed E-state index contributed by atoms with van der Waals surface area (Å²) >= 11 is 0. The van der Waals surface area contributed by atoms with Gasteiger partial charge in [0.15, 0.2) is 0 Å². The molecule has 3 aromatic rings. The Kier molecular flexibility index (Phi) is 7.75. The van der Waals surface area contributed by atoms with Crippen molar-refractivity contribution in [2.24, 2.45) is 0 Å². The molecule has 0 saturated carbocycles. The highest BCUT2D eigenvalue weighted by molar-refractivity contribution is 5.95. The lowest BCUT2D eigenvalue weighted by Crippen LogP contribution is -2.16. The van der Waals surface area contributed by atoms with Crippen molar-refractivity contribution < 1.29 is 0 Å². The van der Waals surface area contributed by atoms with Gasteiger partial charge in [0.25, 0.3) is 0 Å². The summed E-state index contributed by atoms with van der Waals surface area (Å²) in [6, 6.07) is 24.0. The van der Waals surface area contributed by atoms with Crippen LogP contribution in [0.4, 0.5) is 11.4 Å². The SMILES string of the molecule is CCCCCCCCCC(C)(C)c1ccc(Nc2cccc3ccccc23)cc1. The third-order valence-electron chi connectivity index (χ3n) is 6.14. The molecule has 0 atom stereocenters. The fourth-order valence-corrected chi connectivity index (χ4v) is 4.16. The van der Waals surface area contributed by atoms with Crippen LogP contribution in [0, 0.1) is 0 Å². The minimum atomic E-state index is 0.237. The Labute approximate surface area is 177 Å². The van der Waals surface area contributed by atoms with Crippen molar-refractivity contribution >= 4 is 22.1 Å². The maximum atomic E-state index is 3.60. The van der Waals surface area contributed by atoms with E-state index in [1.807, 2.05) is 0 Å². The number of fused-ring (bicyclic) bond motifs is 1. The first kappa shape index (κ1) is 21.4. The van der Waals surface area contributed by atoms with Crippen LogP contribution in [0.2, 0.25) is 0 Å². The fraction of sp³-hybridized carbons (Fsp3) is 0.429. The van der Waals surface area contributed by atoms with Crippen LogP contribution in [0.1, 0.15) is 77.7 Å². The molecule has 1 heteroatoms. The van der Waals surface area contributed by atoms with Gasteiger partial charge in [0, 0.05) is 16.8 Å². The zero-order chi connectivity index (χ0) is 20.5. The molecule has 0 bridgehead atoms. The van der Waals surface area contributed by atoms with Crippen LogP contribution in [0.15, 0.2) is 66.7 Å². The number of nitrogens with one attached hydrogen (secondary N) is 1. The molecule has 0 unspecified atom stereocenters. The van der Waals surface area contributed by atoms with Gasteiger partial charge in [-0.1, -0.05) is 114 Å². The molecule has 154 valence electrons. The Hall–Kier alpha value is -2.28. The summed E-state index contributed by atoms with van der Waals surface area (Å²) in [5.74, 6) is 0. The lowest BCUT2D eigenvalue weighted by molar-refractivity contribution is 0.442. The highest BCUT2D eigenvalue weighted by atomic mass is 14.9. The van der Waals surface area contributed by atoms with Gasteiger partial charge in [0.1, 0.15) is 0 Å². The van der Waals surface area contributed by atoms with Crippen LogP contribution in [-0.2, 0) is 5.41 Å². The van der Waals surface area contributed by atoms with Crippen molar-refractivity contribution in [3.8, 4) is 0 Å². The van der Waals surface area contributed by atoms with E-state index in [0.717, 1.165) is 11.4 Å². The van der Waals surface area contributed by atoms with E-state index in [4.69, 9.17) is 0 Å². The van der Waals surface area contributed by atoms with E-state index in [2.05, 4.69) is 92.8 Å². The quantitative estimate of drug-likeness (QED) is 0.324. The van der Waals surface area contributed by atoms with Gasteiger partial charge in [0.05, 0.1) is 0 Å². The molecule has 0 saturated heterocycles. The van der Waals surface area contributed by atoms with Crippen LogP contribution in [0.5, 0.6) is 0 Å². The van der Waals surface area contributed by atoms with Crippen LogP contribution in [0.3, 0.4) is 0 Å². The molecule has 3 rings (SSSR count). The summed E-state index contributed by atoms with van der Waals surface area (Å²) < 4.78 is 0. The second-order valence-corrected chi connectivity index (χ2v) is 8.98. The molecular formula is C28H37N. The van der Waals surface area contributed by atoms with E-state index in [0.29, 0.717) is 0 Å². The van der Waals surface area contributed by atoms with Gasteiger partial charge in [-0.3, -0.25) is 0 Å². The number of rotatable bonds is 11. The number of anilines is 2. The maximum absolute atomic E-state index is 3.60. The Bertz CT molecular complexity index is 871. The molecule has 0 aromatic heterocycles. The largest absolute Gasteiger partial charge is 0.355 e. The molecule has 0 spiro atoms. The van der Waals surface area contributed by atoms with E-state index in [1.54, 1.807) is 0 Å². The summed E-state index contributed by atoms with van der Waals surface area (Å²) in [7, 11) is 0. The van der Waals surface area contributed by atoms with Gasteiger partial charge >= 0.3 is 0 Å². The standard InChI is InChI=1S/C28H37N/c1-4-5-6-7-8-9-12-22-28(2,3)24-18-20-25(21-19-24)29-27-17-13-15-23-14-10-11-16-26(23)27/h10-11,13-21,29H,4-9,12,22H2,1-3H3. The minimum Gasteiger partial charge on any atom is -0.355 e. The highest BCUT2D eigenvalue weighted by Gasteiger charge is 2.19. The molecule has 0 amide bonds. The van der Waals surface area contributed by atoms with E-state index < -0.39 is 0 Å². The Morgan fingerprint density at radius 3 is 2.10 bits per heavy atom. The number of benzene rings is 3. The van der Waals surface area contributed by atoms with Crippen molar-refractivity contribution in [3.05, 3.63) is 72.3 Å². The minimum absolute atomic E-state index is 0.237. The third-order valence-corrected chi connectivity index (χ3v) is 6.14. The summed E-state index contributed by atoms with van der Waals surface area (Å²) in [5.41, 5.74) is 3.99. The average molecular weight is 388 g/mol. The van der Waals surface area contributed by atoms with E-state index in [-0.39, 0.29) is 5.41 Å². The molecule has 1 nitrogen and oxygen atoms in total. The zero-order valence-corrected chi connectivity index (χ0v) is 18.5. The molecule has 3 aromatic carbocycles. The smallest absolute Gasteiger partial charge is 0.0463 e. The zero-order valence-electron chi connectivity index (χ0n) is 18.5. The van der Waals surface area contributed by atoms with Crippen LogP contribution in [0.25, 0.3) is 10.8 Å². The first-order valence-corrected chi connectivity index (χ1v) is 11.5.